The highest BCUT2D eigenvalue weighted by atomic mass is 32.1. The van der Waals surface area contributed by atoms with Gasteiger partial charge >= 0.3 is 6.09 Å². The number of nitrogens with one attached hydrogen (secondary N) is 1. The third-order valence-corrected chi connectivity index (χ3v) is 2.81. The summed E-state index contributed by atoms with van der Waals surface area (Å²) in [5, 5.41) is 4.99. The average molecular weight is 256 g/mol. The molecule has 0 unspecified atom stereocenters. The summed E-state index contributed by atoms with van der Waals surface area (Å²) in [6, 6.07) is -0.274. The molecule has 0 fully saturated rings. The maximum Gasteiger partial charge on any atom is 0.408 e. The number of amides is 1. The number of aldehydes is 1. The van der Waals surface area contributed by atoms with Gasteiger partial charge in [0, 0.05) is 5.38 Å². The second-order valence-corrected chi connectivity index (χ2v) is 5.49. The lowest BCUT2D eigenvalue weighted by molar-refractivity contribution is 0.0508. The van der Waals surface area contributed by atoms with Gasteiger partial charge in [-0.3, -0.25) is 4.79 Å². The zero-order valence-corrected chi connectivity index (χ0v) is 11.1. The fraction of sp³-hybridized carbons (Fsp3) is 0.545. The average Bonchev–Trinajstić information content (AvgIpc) is 2.62. The van der Waals surface area contributed by atoms with Crippen LogP contribution in [-0.4, -0.2) is 23.0 Å². The standard InChI is InChI=1S/C11H16N2O3S/c1-7(9-13-8(5-14)6-17-9)12-10(15)16-11(2,3)4/h5-7H,1-4H3,(H,12,15)/t7-/m1/s1. The maximum absolute atomic E-state index is 11.5. The molecule has 1 heterocycles. The van der Waals surface area contributed by atoms with Crippen LogP contribution in [0, 0.1) is 0 Å². The minimum Gasteiger partial charge on any atom is -0.444 e. The topological polar surface area (TPSA) is 68.3 Å². The van der Waals surface area contributed by atoms with E-state index in [4.69, 9.17) is 4.74 Å². The normalized spacial score (nSPS) is 12.9. The first-order chi connectivity index (χ1) is 7.81. The van der Waals surface area contributed by atoms with E-state index in [0.717, 1.165) is 0 Å². The Morgan fingerprint density at radius 2 is 2.24 bits per heavy atom. The summed E-state index contributed by atoms with van der Waals surface area (Å²) in [7, 11) is 0. The van der Waals surface area contributed by atoms with Crippen molar-refractivity contribution in [2.24, 2.45) is 0 Å². The van der Waals surface area contributed by atoms with Crippen LogP contribution in [0.5, 0.6) is 0 Å². The highest BCUT2D eigenvalue weighted by Gasteiger charge is 2.19. The van der Waals surface area contributed by atoms with Gasteiger partial charge in [-0.2, -0.15) is 0 Å². The molecule has 0 bridgehead atoms. The second-order valence-electron chi connectivity index (χ2n) is 4.60. The molecule has 1 aromatic heterocycles. The number of hydrogen-bond acceptors (Lipinski definition) is 5. The van der Waals surface area contributed by atoms with Crippen molar-refractivity contribution in [2.45, 2.75) is 39.3 Å². The molecule has 1 rings (SSSR count). The van der Waals surface area contributed by atoms with Crippen molar-refractivity contribution in [1.82, 2.24) is 10.3 Å². The lowest BCUT2D eigenvalue weighted by atomic mass is 10.2. The van der Waals surface area contributed by atoms with E-state index in [9.17, 15) is 9.59 Å². The van der Waals surface area contributed by atoms with Crippen molar-refractivity contribution in [3.63, 3.8) is 0 Å². The molecule has 1 atom stereocenters. The number of ether oxygens (including phenoxy) is 1. The summed E-state index contributed by atoms with van der Waals surface area (Å²) in [4.78, 5) is 26.0. The Kier molecular flexibility index (Phi) is 4.22. The number of alkyl carbamates (subject to hydrolysis) is 1. The maximum atomic E-state index is 11.5. The molecule has 6 heteroatoms. The SMILES string of the molecule is C[C@@H](NC(=O)OC(C)(C)C)c1nc(C=O)cs1. The summed E-state index contributed by atoms with van der Waals surface area (Å²) in [5.41, 5.74) is -0.150. The smallest absolute Gasteiger partial charge is 0.408 e. The summed E-state index contributed by atoms with van der Waals surface area (Å²) < 4.78 is 5.12. The van der Waals surface area contributed by atoms with Crippen LogP contribution in [0.4, 0.5) is 4.79 Å². The van der Waals surface area contributed by atoms with Crippen LogP contribution >= 0.6 is 11.3 Å². The van der Waals surface area contributed by atoms with Crippen LogP contribution < -0.4 is 5.32 Å². The van der Waals surface area contributed by atoms with Crippen molar-refractivity contribution >= 4 is 23.7 Å². The highest BCUT2D eigenvalue weighted by Crippen LogP contribution is 2.17. The van der Waals surface area contributed by atoms with Crippen molar-refractivity contribution in [3.05, 3.63) is 16.1 Å². The van der Waals surface area contributed by atoms with Gasteiger partial charge in [-0.1, -0.05) is 0 Å². The minimum atomic E-state index is -0.527. The largest absolute Gasteiger partial charge is 0.444 e. The Labute approximate surface area is 104 Å². The number of hydrogen-bond donors (Lipinski definition) is 1. The van der Waals surface area contributed by atoms with Gasteiger partial charge in [-0.25, -0.2) is 9.78 Å². The van der Waals surface area contributed by atoms with Gasteiger partial charge in [0.15, 0.2) is 6.29 Å². The lowest BCUT2D eigenvalue weighted by Gasteiger charge is -2.21. The first-order valence-corrected chi connectivity index (χ1v) is 6.10. The fourth-order valence-electron chi connectivity index (χ4n) is 1.10. The number of carbonyl (C=O) groups is 2. The minimum absolute atomic E-state index is 0.274. The predicted octanol–water partition coefficient (Wildman–Crippen LogP) is 2.54. The Balaban J connectivity index is 2.57. The Bertz CT molecular complexity index is 409. The Morgan fingerprint density at radius 1 is 1.59 bits per heavy atom. The fourth-order valence-corrected chi connectivity index (χ4v) is 1.87. The number of rotatable bonds is 3. The third-order valence-electron chi connectivity index (χ3n) is 1.76. The van der Waals surface area contributed by atoms with Crippen LogP contribution in [0.25, 0.3) is 0 Å². The number of carbonyl (C=O) groups excluding carboxylic acids is 2. The van der Waals surface area contributed by atoms with Gasteiger partial charge in [0.1, 0.15) is 16.3 Å². The monoisotopic (exact) mass is 256 g/mol. The van der Waals surface area contributed by atoms with Gasteiger partial charge in [0.25, 0.3) is 0 Å². The molecule has 0 aromatic carbocycles. The first-order valence-electron chi connectivity index (χ1n) is 5.22. The molecule has 0 radical (unpaired) electrons. The van der Waals surface area contributed by atoms with E-state index in [2.05, 4.69) is 10.3 Å². The lowest BCUT2D eigenvalue weighted by Crippen LogP contribution is -2.34. The van der Waals surface area contributed by atoms with Gasteiger partial charge in [0.05, 0.1) is 6.04 Å². The Hall–Kier alpha value is -1.43. The zero-order valence-electron chi connectivity index (χ0n) is 10.3. The number of thiazole rings is 1. The van der Waals surface area contributed by atoms with Gasteiger partial charge in [-0.05, 0) is 27.7 Å². The molecule has 94 valence electrons. The van der Waals surface area contributed by atoms with Crippen molar-refractivity contribution < 1.29 is 14.3 Å². The third kappa shape index (κ3) is 4.52. The highest BCUT2D eigenvalue weighted by molar-refractivity contribution is 7.09. The van der Waals surface area contributed by atoms with Crippen molar-refractivity contribution in [1.29, 1.82) is 0 Å². The zero-order chi connectivity index (χ0) is 13.1. The van der Waals surface area contributed by atoms with Crippen LogP contribution in [0.15, 0.2) is 5.38 Å². The molecule has 0 saturated heterocycles. The van der Waals surface area contributed by atoms with Crippen LogP contribution in [0.2, 0.25) is 0 Å². The van der Waals surface area contributed by atoms with E-state index in [-0.39, 0.29) is 6.04 Å². The molecular formula is C11H16N2O3S. The summed E-state index contributed by atoms with van der Waals surface area (Å²) in [6.07, 6.45) is 0.188. The van der Waals surface area contributed by atoms with E-state index < -0.39 is 11.7 Å². The molecule has 17 heavy (non-hydrogen) atoms. The Morgan fingerprint density at radius 3 is 2.71 bits per heavy atom. The molecule has 0 aliphatic heterocycles. The molecule has 1 aromatic rings. The van der Waals surface area contributed by atoms with E-state index in [1.165, 1.54) is 11.3 Å². The molecule has 0 spiro atoms. The van der Waals surface area contributed by atoms with Gasteiger partial charge < -0.3 is 10.1 Å². The summed E-state index contributed by atoms with van der Waals surface area (Å²) in [5.74, 6) is 0. The quantitative estimate of drug-likeness (QED) is 0.844. The first kappa shape index (κ1) is 13.6. The van der Waals surface area contributed by atoms with Crippen molar-refractivity contribution in [2.75, 3.05) is 0 Å². The number of nitrogens with zero attached hydrogens (tertiary/aromatic N) is 1. The van der Waals surface area contributed by atoms with Gasteiger partial charge in [0.2, 0.25) is 0 Å². The summed E-state index contributed by atoms with van der Waals surface area (Å²) in [6.45, 7) is 7.18. The molecular weight excluding hydrogens is 240 g/mol. The van der Waals surface area contributed by atoms with Crippen LogP contribution in [-0.2, 0) is 4.74 Å². The van der Waals surface area contributed by atoms with E-state index in [0.29, 0.717) is 17.0 Å². The molecule has 5 nitrogen and oxygen atoms in total. The van der Waals surface area contributed by atoms with E-state index in [1.807, 2.05) is 0 Å². The van der Waals surface area contributed by atoms with Gasteiger partial charge in [-0.15, -0.1) is 11.3 Å². The van der Waals surface area contributed by atoms with E-state index >= 15 is 0 Å². The second kappa shape index (κ2) is 5.27. The number of aromatic nitrogens is 1. The molecule has 1 N–H and O–H groups in total. The molecule has 1 amide bonds. The predicted molar refractivity (Wildman–Crippen MR) is 65.3 cm³/mol. The van der Waals surface area contributed by atoms with E-state index in [1.54, 1.807) is 33.1 Å². The molecule has 0 saturated carbocycles. The van der Waals surface area contributed by atoms with Crippen LogP contribution in [0.3, 0.4) is 0 Å². The molecule has 0 aliphatic rings. The molecule has 0 aliphatic carbocycles. The van der Waals surface area contributed by atoms with Crippen molar-refractivity contribution in [3.8, 4) is 0 Å². The summed E-state index contributed by atoms with van der Waals surface area (Å²) >= 11 is 1.33. The van der Waals surface area contributed by atoms with Crippen LogP contribution in [0.1, 0.15) is 49.2 Å².